The van der Waals surface area contributed by atoms with E-state index in [4.69, 9.17) is 9.15 Å². The van der Waals surface area contributed by atoms with Crippen LogP contribution in [0, 0.1) is 23.5 Å². The fourth-order valence-corrected chi connectivity index (χ4v) is 2.03. The highest BCUT2D eigenvalue weighted by atomic mass is 19.1. The molecule has 0 saturated carbocycles. The van der Waals surface area contributed by atoms with Crippen molar-refractivity contribution in [2.45, 2.75) is 0 Å². The molecule has 1 aromatic carbocycles. The number of H-pyrrole nitrogens is 1. The van der Waals surface area contributed by atoms with Gasteiger partial charge in [0.15, 0.2) is 23.0 Å². The zero-order chi connectivity index (χ0) is 18.4. The number of amides is 1. The van der Waals surface area contributed by atoms with Crippen LogP contribution in [0.1, 0.15) is 10.5 Å². The molecule has 2 aromatic heterocycles. The lowest BCUT2D eigenvalue weighted by molar-refractivity contribution is 0.0953. The molecule has 2 heterocycles. The van der Waals surface area contributed by atoms with E-state index in [0.717, 1.165) is 12.1 Å². The van der Waals surface area contributed by atoms with Crippen molar-refractivity contribution in [3.63, 3.8) is 0 Å². The molecule has 8 heteroatoms. The van der Waals surface area contributed by atoms with E-state index in [2.05, 4.69) is 27.4 Å². The van der Waals surface area contributed by atoms with Crippen LogP contribution in [0.15, 0.2) is 47.1 Å². The first kappa shape index (κ1) is 17.2. The Morgan fingerprint density at radius 3 is 2.92 bits per heavy atom. The summed E-state index contributed by atoms with van der Waals surface area (Å²) in [7, 11) is 0. The number of ether oxygens (including phenoxy) is 1. The van der Waals surface area contributed by atoms with Crippen LogP contribution in [0.2, 0.25) is 0 Å². The summed E-state index contributed by atoms with van der Waals surface area (Å²) in [5, 5.41) is 9.18. The number of hydrogen-bond donors (Lipinski definition) is 2. The van der Waals surface area contributed by atoms with Crippen molar-refractivity contribution in [1.29, 1.82) is 0 Å². The zero-order valence-electron chi connectivity index (χ0n) is 13.4. The van der Waals surface area contributed by atoms with Crippen LogP contribution in [-0.4, -0.2) is 29.3 Å². The smallest absolute Gasteiger partial charge is 0.272 e. The van der Waals surface area contributed by atoms with Gasteiger partial charge in [-0.25, -0.2) is 8.78 Å². The topological polar surface area (TPSA) is 80.1 Å². The summed E-state index contributed by atoms with van der Waals surface area (Å²) in [4.78, 5) is 11.9. The number of furan rings is 1. The second-order valence-corrected chi connectivity index (χ2v) is 5.04. The van der Waals surface area contributed by atoms with E-state index in [9.17, 15) is 13.6 Å². The van der Waals surface area contributed by atoms with Crippen molar-refractivity contribution in [2.75, 3.05) is 13.2 Å². The Morgan fingerprint density at radius 1 is 1.27 bits per heavy atom. The molecular weight excluding hydrogens is 344 g/mol. The third kappa shape index (κ3) is 4.27. The molecule has 0 saturated heterocycles. The first-order valence-corrected chi connectivity index (χ1v) is 7.54. The van der Waals surface area contributed by atoms with Crippen molar-refractivity contribution in [3.8, 4) is 29.0 Å². The van der Waals surface area contributed by atoms with Gasteiger partial charge in [0.25, 0.3) is 5.91 Å². The second kappa shape index (κ2) is 7.98. The lowest BCUT2D eigenvalue weighted by Gasteiger charge is -2.02. The minimum atomic E-state index is -0.800. The van der Waals surface area contributed by atoms with Gasteiger partial charge >= 0.3 is 0 Å². The van der Waals surface area contributed by atoms with Crippen molar-refractivity contribution >= 4 is 5.91 Å². The summed E-state index contributed by atoms with van der Waals surface area (Å²) in [5.74, 6) is 3.87. The molecule has 1 amide bonds. The molecular formula is C18H13F2N3O3. The number of carbonyl (C=O) groups is 1. The van der Waals surface area contributed by atoms with Gasteiger partial charge in [-0.15, -0.1) is 0 Å². The van der Waals surface area contributed by atoms with Gasteiger partial charge in [-0.3, -0.25) is 9.89 Å². The monoisotopic (exact) mass is 357 g/mol. The summed E-state index contributed by atoms with van der Waals surface area (Å²) in [5.41, 5.74) is 0.781. The zero-order valence-corrected chi connectivity index (χ0v) is 13.4. The predicted octanol–water partition coefficient (Wildman–Crippen LogP) is 2.76. The molecule has 0 atom stereocenters. The number of nitrogens with zero attached hydrogens (tertiary/aromatic N) is 1. The standard InChI is InChI=1S/C18H13F2N3O3/c19-12-5-6-16(13(20)10-12)25-8-2-1-7-21-18(24)15-11-14(22-23-15)17-4-3-9-26-17/h3-6,9-11H,7-8H2,(H,21,24)(H,22,23). The highest BCUT2D eigenvalue weighted by Crippen LogP contribution is 2.18. The molecule has 26 heavy (non-hydrogen) atoms. The van der Waals surface area contributed by atoms with E-state index < -0.39 is 17.5 Å². The Bertz CT molecular complexity index is 956. The Labute approximate surface area is 147 Å². The minimum absolute atomic E-state index is 0.0665. The number of carbonyl (C=O) groups excluding carboxylic acids is 1. The first-order chi connectivity index (χ1) is 12.6. The quantitative estimate of drug-likeness (QED) is 0.688. The Balaban J connectivity index is 1.45. The van der Waals surface area contributed by atoms with Crippen LogP contribution < -0.4 is 10.1 Å². The third-order valence-electron chi connectivity index (χ3n) is 3.25. The van der Waals surface area contributed by atoms with Crippen LogP contribution >= 0.6 is 0 Å². The molecule has 0 bridgehead atoms. The molecule has 0 fully saturated rings. The summed E-state index contributed by atoms with van der Waals surface area (Å²) >= 11 is 0. The van der Waals surface area contributed by atoms with Gasteiger partial charge in [0.2, 0.25) is 0 Å². The van der Waals surface area contributed by atoms with Gasteiger partial charge < -0.3 is 14.5 Å². The molecule has 3 aromatic rings. The van der Waals surface area contributed by atoms with Gasteiger partial charge in [0.05, 0.1) is 12.8 Å². The normalized spacial score (nSPS) is 10.1. The Hall–Kier alpha value is -3.60. The van der Waals surface area contributed by atoms with Crippen molar-refractivity contribution in [3.05, 3.63) is 60.0 Å². The van der Waals surface area contributed by atoms with Crippen LogP contribution in [0.5, 0.6) is 5.75 Å². The lowest BCUT2D eigenvalue weighted by Crippen LogP contribution is -2.24. The van der Waals surface area contributed by atoms with E-state index in [1.54, 1.807) is 18.2 Å². The molecule has 0 aliphatic heterocycles. The van der Waals surface area contributed by atoms with Gasteiger partial charge in [0, 0.05) is 12.1 Å². The molecule has 6 nitrogen and oxygen atoms in total. The second-order valence-electron chi connectivity index (χ2n) is 5.04. The average Bonchev–Trinajstić information content (AvgIpc) is 3.30. The fraction of sp³-hybridized carbons (Fsp3) is 0.111. The van der Waals surface area contributed by atoms with Crippen molar-refractivity contribution in [2.24, 2.45) is 0 Å². The summed E-state index contributed by atoms with van der Waals surface area (Å²) < 4.78 is 36.4. The number of benzene rings is 1. The number of aromatic amines is 1. The molecule has 0 spiro atoms. The van der Waals surface area contributed by atoms with E-state index in [1.807, 2.05) is 0 Å². The van der Waals surface area contributed by atoms with Gasteiger partial charge in [-0.1, -0.05) is 11.8 Å². The third-order valence-corrected chi connectivity index (χ3v) is 3.25. The maximum atomic E-state index is 13.3. The lowest BCUT2D eigenvalue weighted by atomic mass is 10.3. The number of rotatable bonds is 5. The largest absolute Gasteiger partial charge is 0.478 e. The van der Waals surface area contributed by atoms with Crippen LogP contribution in [0.25, 0.3) is 11.5 Å². The maximum Gasteiger partial charge on any atom is 0.272 e. The summed E-state index contributed by atoms with van der Waals surface area (Å²) in [6.45, 7) is -0.0273. The van der Waals surface area contributed by atoms with E-state index in [1.165, 1.54) is 12.3 Å². The van der Waals surface area contributed by atoms with Crippen molar-refractivity contribution < 1.29 is 22.7 Å². The summed E-state index contributed by atoms with van der Waals surface area (Å²) in [6, 6.07) is 8.02. The van der Waals surface area contributed by atoms with Gasteiger partial charge in [0.1, 0.15) is 18.1 Å². The highest BCUT2D eigenvalue weighted by Gasteiger charge is 2.11. The van der Waals surface area contributed by atoms with Crippen LogP contribution in [0.3, 0.4) is 0 Å². The number of hydrogen-bond acceptors (Lipinski definition) is 4. The van der Waals surface area contributed by atoms with E-state index in [0.29, 0.717) is 11.5 Å². The molecule has 3 rings (SSSR count). The van der Waals surface area contributed by atoms with E-state index >= 15 is 0 Å². The molecule has 0 radical (unpaired) electrons. The molecule has 0 aliphatic rings. The fourth-order valence-electron chi connectivity index (χ4n) is 2.03. The van der Waals surface area contributed by atoms with Gasteiger partial charge in [-0.05, 0) is 24.3 Å². The SMILES string of the molecule is O=C(NCC#CCOc1ccc(F)cc1F)c1cc(-c2ccco2)[nH]n1. The molecule has 0 unspecified atom stereocenters. The van der Waals surface area contributed by atoms with E-state index in [-0.39, 0.29) is 24.6 Å². The molecule has 2 N–H and O–H groups in total. The molecule has 0 aliphatic carbocycles. The average molecular weight is 357 g/mol. The highest BCUT2D eigenvalue weighted by molar-refractivity contribution is 5.93. The van der Waals surface area contributed by atoms with Crippen molar-refractivity contribution in [1.82, 2.24) is 15.5 Å². The number of halogens is 2. The van der Waals surface area contributed by atoms with Crippen LogP contribution in [0.4, 0.5) is 8.78 Å². The predicted molar refractivity (Wildman–Crippen MR) is 88.3 cm³/mol. The first-order valence-electron chi connectivity index (χ1n) is 7.54. The number of aromatic nitrogens is 2. The van der Waals surface area contributed by atoms with Gasteiger partial charge in [-0.2, -0.15) is 5.10 Å². The molecule has 132 valence electrons. The number of nitrogens with one attached hydrogen (secondary N) is 2. The minimum Gasteiger partial charge on any atom is -0.478 e. The van der Waals surface area contributed by atoms with Crippen LogP contribution in [-0.2, 0) is 0 Å². The summed E-state index contributed by atoms with van der Waals surface area (Å²) in [6.07, 6.45) is 1.52. The maximum absolute atomic E-state index is 13.3. The Morgan fingerprint density at radius 2 is 2.15 bits per heavy atom. The Kier molecular flexibility index (Phi) is 5.29.